The number of rotatable bonds is 7. The van der Waals surface area contributed by atoms with Crippen LogP contribution in [0.25, 0.3) is 11.3 Å². The molecule has 0 spiro atoms. The normalized spacial score (nSPS) is 10.4. The molecule has 0 unspecified atom stereocenters. The molecule has 29 heavy (non-hydrogen) atoms. The summed E-state index contributed by atoms with van der Waals surface area (Å²) in [6, 6.07) is 13.7. The molecule has 1 aromatic carbocycles. The van der Waals surface area contributed by atoms with E-state index in [1.807, 2.05) is 12.1 Å². The van der Waals surface area contributed by atoms with E-state index in [1.165, 1.54) is 17.7 Å². The minimum Gasteiger partial charge on any atom is -0.326 e. The Balaban J connectivity index is 1.57. The number of anilines is 2. The zero-order chi connectivity index (χ0) is 20.6. The molecule has 0 saturated carbocycles. The van der Waals surface area contributed by atoms with E-state index in [2.05, 4.69) is 20.7 Å². The number of hydrogen-bond donors (Lipinski definition) is 2. The van der Waals surface area contributed by atoms with Gasteiger partial charge in [-0.1, -0.05) is 6.07 Å². The summed E-state index contributed by atoms with van der Waals surface area (Å²) in [5.74, 6) is -0.358. The van der Waals surface area contributed by atoms with Gasteiger partial charge in [0.15, 0.2) is 0 Å². The van der Waals surface area contributed by atoms with Crippen LogP contribution in [0.2, 0.25) is 0 Å². The van der Waals surface area contributed by atoms with E-state index in [1.54, 1.807) is 42.7 Å². The van der Waals surface area contributed by atoms with Gasteiger partial charge in [-0.15, -0.1) is 0 Å². The van der Waals surface area contributed by atoms with Gasteiger partial charge < -0.3 is 10.6 Å². The molecule has 2 amide bonds. The van der Waals surface area contributed by atoms with Crippen molar-refractivity contribution in [2.24, 2.45) is 0 Å². The maximum atomic E-state index is 12.2. The van der Waals surface area contributed by atoms with Crippen molar-refractivity contribution in [1.82, 2.24) is 14.8 Å². The first-order valence-corrected chi connectivity index (χ1v) is 9.17. The van der Waals surface area contributed by atoms with Gasteiger partial charge in [0.25, 0.3) is 5.56 Å². The fourth-order valence-electron chi connectivity index (χ4n) is 2.78. The molecule has 0 fully saturated rings. The molecule has 2 aromatic heterocycles. The molecule has 0 bridgehead atoms. The number of pyridine rings is 1. The van der Waals surface area contributed by atoms with E-state index in [0.717, 1.165) is 5.56 Å². The number of aryl methyl sites for hydroxylation is 1. The Hall–Kier alpha value is -3.81. The SMILES string of the molecule is CC(=O)Nc1cccc(NC(=O)CCCn2nc(-c3ccncc3)ccc2=O)c1. The van der Waals surface area contributed by atoms with Gasteiger partial charge in [-0.3, -0.25) is 19.4 Å². The van der Waals surface area contributed by atoms with Gasteiger partial charge in [-0.2, -0.15) is 5.10 Å². The largest absolute Gasteiger partial charge is 0.326 e. The summed E-state index contributed by atoms with van der Waals surface area (Å²) in [7, 11) is 0. The van der Waals surface area contributed by atoms with E-state index >= 15 is 0 Å². The Morgan fingerprint density at radius 2 is 1.72 bits per heavy atom. The van der Waals surface area contributed by atoms with Crippen molar-refractivity contribution in [2.45, 2.75) is 26.3 Å². The number of nitrogens with zero attached hydrogens (tertiary/aromatic N) is 3. The first-order chi connectivity index (χ1) is 14.0. The van der Waals surface area contributed by atoms with Gasteiger partial charge >= 0.3 is 0 Å². The van der Waals surface area contributed by atoms with Crippen molar-refractivity contribution in [1.29, 1.82) is 0 Å². The smallest absolute Gasteiger partial charge is 0.266 e. The molecule has 3 rings (SSSR count). The van der Waals surface area contributed by atoms with Crippen LogP contribution in [0.1, 0.15) is 19.8 Å². The van der Waals surface area contributed by atoms with Crippen LogP contribution in [-0.2, 0) is 16.1 Å². The zero-order valence-electron chi connectivity index (χ0n) is 16.0. The maximum Gasteiger partial charge on any atom is 0.266 e. The average molecular weight is 391 g/mol. The second-order valence-corrected chi connectivity index (χ2v) is 6.43. The lowest BCUT2D eigenvalue weighted by Crippen LogP contribution is -2.23. The molecule has 0 aliphatic carbocycles. The molecule has 2 N–H and O–H groups in total. The van der Waals surface area contributed by atoms with Crippen molar-refractivity contribution in [3.05, 3.63) is 71.3 Å². The number of nitrogens with one attached hydrogen (secondary N) is 2. The van der Waals surface area contributed by atoms with Crippen LogP contribution < -0.4 is 16.2 Å². The number of carbonyl (C=O) groups is 2. The molecule has 148 valence electrons. The standard InChI is InChI=1S/C21H21N5O3/c1-15(27)23-17-4-2-5-18(14-17)24-20(28)6-3-13-26-21(29)8-7-19(25-26)16-9-11-22-12-10-16/h2,4-5,7-12,14H,3,6,13H2,1H3,(H,23,27)(H,24,28). The number of amides is 2. The van der Waals surface area contributed by atoms with E-state index in [-0.39, 0.29) is 23.8 Å². The number of aromatic nitrogens is 3. The summed E-state index contributed by atoms with van der Waals surface area (Å²) < 4.78 is 1.36. The lowest BCUT2D eigenvalue weighted by molar-refractivity contribution is -0.116. The highest BCUT2D eigenvalue weighted by molar-refractivity contribution is 5.93. The predicted molar refractivity (Wildman–Crippen MR) is 110 cm³/mol. The Morgan fingerprint density at radius 3 is 2.45 bits per heavy atom. The monoisotopic (exact) mass is 391 g/mol. The molecule has 0 aliphatic rings. The fourth-order valence-corrected chi connectivity index (χ4v) is 2.78. The van der Waals surface area contributed by atoms with E-state index in [4.69, 9.17) is 0 Å². The summed E-state index contributed by atoms with van der Waals surface area (Å²) in [6.07, 6.45) is 4.03. The highest BCUT2D eigenvalue weighted by Crippen LogP contribution is 2.16. The molecule has 8 heteroatoms. The van der Waals surface area contributed by atoms with Gasteiger partial charge in [0, 0.05) is 55.3 Å². The highest BCUT2D eigenvalue weighted by atomic mass is 16.2. The molecular formula is C21H21N5O3. The molecule has 0 atom stereocenters. The van der Waals surface area contributed by atoms with E-state index < -0.39 is 0 Å². The molecular weight excluding hydrogens is 370 g/mol. The molecule has 0 radical (unpaired) electrons. The van der Waals surface area contributed by atoms with E-state index in [0.29, 0.717) is 30.0 Å². The predicted octanol–water partition coefficient (Wildman–Crippen LogP) is 2.68. The van der Waals surface area contributed by atoms with Crippen molar-refractivity contribution in [2.75, 3.05) is 10.6 Å². The van der Waals surface area contributed by atoms with Crippen LogP contribution in [0, 0.1) is 0 Å². The van der Waals surface area contributed by atoms with Crippen LogP contribution in [0.3, 0.4) is 0 Å². The Kier molecular flexibility index (Phi) is 6.47. The van der Waals surface area contributed by atoms with Gasteiger partial charge in [-0.25, -0.2) is 4.68 Å². The second-order valence-electron chi connectivity index (χ2n) is 6.43. The summed E-state index contributed by atoms with van der Waals surface area (Å²) in [5, 5.41) is 9.82. The lowest BCUT2D eigenvalue weighted by Gasteiger charge is -2.09. The van der Waals surface area contributed by atoms with E-state index in [9.17, 15) is 14.4 Å². The van der Waals surface area contributed by atoms with Crippen LogP contribution in [0.5, 0.6) is 0 Å². The molecule has 8 nitrogen and oxygen atoms in total. The third kappa shape index (κ3) is 5.83. The van der Waals surface area contributed by atoms with Crippen LogP contribution in [0.4, 0.5) is 11.4 Å². The fraction of sp³-hybridized carbons (Fsp3) is 0.190. The summed E-state index contributed by atoms with van der Waals surface area (Å²) >= 11 is 0. The summed E-state index contributed by atoms with van der Waals surface area (Å²) in [4.78, 5) is 39.3. The van der Waals surface area contributed by atoms with Crippen LogP contribution in [0.15, 0.2) is 65.7 Å². The van der Waals surface area contributed by atoms with Gasteiger partial charge in [0.1, 0.15) is 0 Å². The molecule has 0 aliphatic heterocycles. The van der Waals surface area contributed by atoms with Crippen molar-refractivity contribution in [3.63, 3.8) is 0 Å². The first kappa shape index (κ1) is 19.9. The molecule has 2 heterocycles. The molecule has 0 saturated heterocycles. The van der Waals surface area contributed by atoms with Crippen molar-refractivity contribution >= 4 is 23.2 Å². The topological polar surface area (TPSA) is 106 Å². The zero-order valence-corrected chi connectivity index (χ0v) is 16.0. The van der Waals surface area contributed by atoms with Crippen LogP contribution in [-0.4, -0.2) is 26.6 Å². The van der Waals surface area contributed by atoms with Gasteiger partial charge in [-0.05, 0) is 42.8 Å². The minimum atomic E-state index is -0.216. The Labute approximate surface area is 167 Å². The first-order valence-electron chi connectivity index (χ1n) is 9.17. The van der Waals surface area contributed by atoms with Crippen LogP contribution >= 0.6 is 0 Å². The summed E-state index contributed by atoms with van der Waals surface area (Å²) in [5.41, 5.74) is 2.53. The quantitative estimate of drug-likeness (QED) is 0.644. The Morgan fingerprint density at radius 1 is 1.00 bits per heavy atom. The molecule has 3 aromatic rings. The average Bonchev–Trinajstić information content (AvgIpc) is 2.70. The third-order valence-electron chi connectivity index (χ3n) is 4.08. The van der Waals surface area contributed by atoms with Crippen molar-refractivity contribution in [3.8, 4) is 11.3 Å². The van der Waals surface area contributed by atoms with Gasteiger partial charge in [0.2, 0.25) is 11.8 Å². The van der Waals surface area contributed by atoms with Crippen molar-refractivity contribution < 1.29 is 9.59 Å². The number of benzene rings is 1. The second kappa shape index (κ2) is 9.41. The Bertz CT molecular complexity index is 1060. The highest BCUT2D eigenvalue weighted by Gasteiger charge is 2.07. The minimum absolute atomic E-state index is 0.177. The van der Waals surface area contributed by atoms with Gasteiger partial charge in [0.05, 0.1) is 5.69 Å². The number of hydrogen-bond acceptors (Lipinski definition) is 5. The summed E-state index contributed by atoms with van der Waals surface area (Å²) in [6.45, 7) is 1.75. The maximum absolute atomic E-state index is 12.2. The number of carbonyl (C=O) groups excluding carboxylic acids is 2. The third-order valence-corrected chi connectivity index (χ3v) is 4.08. The lowest BCUT2D eigenvalue weighted by atomic mass is 10.2.